The molecule has 1 aliphatic rings. The average Bonchev–Trinajstić information content (AvgIpc) is 2.79. The van der Waals surface area contributed by atoms with Gasteiger partial charge in [0.15, 0.2) is 6.79 Å². The highest BCUT2D eigenvalue weighted by atomic mass is 32.2. The molecule has 10 heteroatoms. The predicted molar refractivity (Wildman–Crippen MR) is 113 cm³/mol. The summed E-state index contributed by atoms with van der Waals surface area (Å²) in [6.07, 6.45) is 0. The van der Waals surface area contributed by atoms with Gasteiger partial charge in [0.05, 0.1) is 11.5 Å². The van der Waals surface area contributed by atoms with Gasteiger partial charge in [-0.05, 0) is 17.7 Å². The van der Waals surface area contributed by atoms with Crippen LogP contribution in [-0.4, -0.2) is 24.4 Å². The van der Waals surface area contributed by atoms with Gasteiger partial charge in [0, 0.05) is 36.3 Å². The van der Waals surface area contributed by atoms with Gasteiger partial charge < -0.3 is 9.47 Å². The van der Waals surface area contributed by atoms with Crippen molar-refractivity contribution in [3.63, 3.8) is 0 Å². The summed E-state index contributed by atoms with van der Waals surface area (Å²) in [5.41, 5.74) is 1.21. The molecule has 0 radical (unpaired) electrons. The third kappa shape index (κ3) is 4.47. The van der Waals surface area contributed by atoms with Gasteiger partial charge in [-0.2, -0.15) is 4.31 Å². The molecule has 0 fully saturated rings. The molecule has 0 saturated carbocycles. The molecule has 1 aliphatic heterocycles. The molecule has 0 saturated heterocycles. The average molecular weight is 458 g/mol. The molecule has 8 nitrogen and oxygen atoms in total. The number of halogens is 1. The topological polar surface area (TPSA) is 99.0 Å². The molecule has 0 unspecified atom stereocenters. The van der Waals surface area contributed by atoms with Crippen molar-refractivity contribution in [3.05, 3.63) is 99.4 Å². The number of hydrogen-bond donors (Lipinski definition) is 0. The maximum Gasteiger partial charge on any atom is 0.270 e. The van der Waals surface area contributed by atoms with E-state index in [0.29, 0.717) is 22.4 Å². The van der Waals surface area contributed by atoms with E-state index in [1.54, 1.807) is 30.3 Å². The highest BCUT2D eigenvalue weighted by Gasteiger charge is 2.30. The second-order valence-corrected chi connectivity index (χ2v) is 9.06. The van der Waals surface area contributed by atoms with Crippen LogP contribution in [0.15, 0.2) is 71.6 Å². The van der Waals surface area contributed by atoms with Gasteiger partial charge in [0.1, 0.15) is 16.5 Å². The van der Waals surface area contributed by atoms with Gasteiger partial charge in [-0.25, -0.2) is 12.8 Å². The fourth-order valence-corrected chi connectivity index (χ4v) is 4.97. The van der Waals surface area contributed by atoms with Crippen molar-refractivity contribution in [2.75, 3.05) is 6.79 Å². The minimum absolute atomic E-state index is 0.0590. The molecule has 4 rings (SSSR count). The zero-order valence-corrected chi connectivity index (χ0v) is 17.6. The van der Waals surface area contributed by atoms with Gasteiger partial charge >= 0.3 is 0 Å². The quantitative estimate of drug-likeness (QED) is 0.392. The molecule has 166 valence electrons. The molecular formula is C22H19FN2O6S. The minimum atomic E-state index is -4.29. The second kappa shape index (κ2) is 9.03. The first kappa shape index (κ1) is 21.9. The number of sulfonamides is 1. The Kier molecular flexibility index (Phi) is 6.17. The van der Waals surface area contributed by atoms with Crippen molar-refractivity contribution in [3.8, 4) is 5.75 Å². The van der Waals surface area contributed by atoms with Crippen LogP contribution in [0, 0.1) is 15.9 Å². The summed E-state index contributed by atoms with van der Waals surface area (Å²) in [7, 11) is -4.29. The normalized spacial score (nSPS) is 13.4. The molecule has 3 aromatic carbocycles. The summed E-state index contributed by atoms with van der Waals surface area (Å²) in [6, 6.07) is 16.5. The molecule has 32 heavy (non-hydrogen) atoms. The van der Waals surface area contributed by atoms with Crippen molar-refractivity contribution in [1.82, 2.24) is 4.31 Å². The molecule has 0 spiro atoms. The summed E-state index contributed by atoms with van der Waals surface area (Å²) in [5, 5.41) is 11.4. The molecule has 0 N–H and O–H groups in total. The molecule has 0 aliphatic carbocycles. The van der Waals surface area contributed by atoms with Gasteiger partial charge in [0.2, 0.25) is 10.0 Å². The van der Waals surface area contributed by atoms with E-state index in [2.05, 4.69) is 0 Å². The Labute approximate surface area is 184 Å². The highest BCUT2D eigenvalue weighted by molar-refractivity contribution is 7.89. The largest absolute Gasteiger partial charge is 0.467 e. The number of hydrogen-bond acceptors (Lipinski definition) is 6. The number of fused-ring (bicyclic) bond motifs is 1. The monoisotopic (exact) mass is 458 g/mol. The van der Waals surface area contributed by atoms with Crippen LogP contribution in [0.1, 0.15) is 16.7 Å². The van der Waals surface area contributed by atoms with E-state index in [1.165, 1.54) is 30.3 Å². The fraction of sp³-hybridized carbons (Fsp3) is 0.182. The van der Waals surface area contributed by atoms with Crippen molar-refractivity contribution in [2.45, 2.75) is 24.6 Å². The molecule has 0 aromatic heterocycles. The van der Waals surface area contributed by atoms with E-state index in [4.69, 9.17) is 9.47 Å². The number of rotatable bonds is 7. The van der Waals surface area contributed by atoms with Crippen LogP contribution in [0.5, 0.6) is 5.75 Å². The zero-order valence-electron chi connectivity index (χ0n) is 16.8. The van der Waals surface area contributed by atoms with Crippen LogP contribution in [0.25, 0.3) is 0 Å². The second-order valence-electron chi connectivity index (χ2n) is 7.15. The Morgan fingerprint density at radius 3 is 2.47 bits per heavy atom. The van der Waals surface area contributed by atoms with E-state index in [0.717, 1.165) is 10.4 Å². The Bertz CT molecular complexity index is 1250. The van der Waals surface area contributed by atoms with Crippen LogP contribution >= 0.6 is 0 Å². The number of benzene rings is 3. The van der Waals surface area contributed by atoms with Crippen LogP contribution in [0.3, 0.4) is 0 Å². The third-order valence-electron chi connectivity index (χ3n) is 4.99. The summed E-state index contributed by atoms with van der Waals surface area (Å²) in [5.74, 6) is -0.542. The lowest BCUT2D eigenvalue weighted by Crippen LogP contribution is -2.31. The maximum atomic E-state index is 14.4. The Morgan fingerprint density at radius 2 is 1.75 bits per heavy atom. The number of nitro groups is 1. The highest BCUT2D eigenvalue weighted by Crippen LogP contribution is 2.35. The van der Waals surface area contributed by atoms with Crippen molar-refractivity contribution in [2.24, 2.45) is 0 Å². The molecular weight excluding hydrogens is 439 g/mol. The van der Waals surface area contributed by atoms with Crippen LogP contribution in [0.4, 0.5) is 10.1 Å². The lowest BCUT2D eigenvalue weighted by Gasteiger charge is -2.26. The lowest BCUT2D eigenvalue weighted by molar-refractivity contribution is -0.385. The van der Waals surface area contributed by atoms with E-state index in [1.807, 2.05) is 0 Å². The predicted octanol–water partition coefficient (Wildman–Crippen LogP) is 3.99. The van der Waals surface area contributed by atoms with Gasteiger partial charge in [-0.3, -0.25) is 10.1 Å². The Hall–Kier alpha value is -3.34. The van der Waals surface area contributed by atoms with E-state index >= 15 is 0 Å². The summed E-state index contributed by atoms with van der Waals surface area (Å²) < 4.78 is 53.1. The number of ether oxygens (including phenoxy) is 2. The molecule has 0 bridgehead atoms. The Balaban J connectivity index is 1.80. The summed E-state index contributed by atoms with van der Waals surface area (Å²) in [6.45, 7) is -0.277. The SMILES string of the molecule is O=[N+]([O-])c1cc2c(c(CN(Cc3ccccc3)S(=O)(=O)c3ccccc3F)c1)OCOC2. The standard InChI is InChI=1S/C22H19FN2O6S/c23-20-8-4-5-9-21(20)32(28,29)24(12-16-6-2-1-3-7-16)13-17-10-19(25(26)27)11-18-14-30-15-31-22(17)18/h1-11H,12-15H2. The first-order valence-corrected chi connectivity index (χ1v) is 11.1. The van der Waals surface area contributed by atoms with Crippen molar-refractivity contribution in [1.29, 1.82) is 0 Å². The van der Waals surface area contributed by atoms with Crippen LogP contribution in [0.2, 0.25) is 0 Å². The van der Waals surface area contributed by atoms with Crippen molar-refractivity contribution < 1.29 is 27.2 Å². The van der Waals surface area contributed by atoms with Gasteiger partial charge in [0.25, 0.3) is 5.69 Å². The molecule has 0 atom stereocenters. The van der Waals surface area contributed by atoms with Crippen LogP contribution in [-0.2, 0) is 34.5 Å². The molecule has 0 amide bonds. The third-order valence-corrected chi connectivity index (χ3v) is 6.81. The number of nitrogens with zero attached hydrogens (tertiary/aromatic N) is 2. The van der Waals surface area contributed by atoms with E-state index in [-0.39, 0.29) is 32.2 Å². The lowest BCUT2D eigenvalue weighted by atomic mass is 10.1. The van der Waals surface area contributed by atoms with Crippen molar-refractivity contribution >= 4 is 15.7 Å². The van der Waals surface area contributed by atoms with Crippen LogP contribution < -0.4 is 4.74 Å². The first-order chi connectivity index (χ1) is 15.4. The smallest absolute Gasteiger partial charge is 0.270 e. The molecule has 3 aromatic rings. The number of non-ortho nitro benzene ring substituents is 1. The first-order valence-electron chi connectivity index (χ1n) is 9.65. The van der Waals surface area contributed by atoms with Gasteiger partial charge in [-0.15, -0.1) is 0 Å². The van der Waals surface area contributed by atoms with E-state index in [9.17, 15) is 22.9 Å². The fourth-order valence-electron chi connectivity index (χ4n) is 3.50. The zero-order chi connectivity index (χ0) is 22.7. The maximum absolute atomic E-state index is 14.4. The van der Waals surface area contributed by atoms with Gasteiger partial charge in [-0.1, -0.05) is 42.5 Å². The number of nitro benzene ring substituents is 1. The summed E-state index contributed by atoms with van der Waals surface area (Å²) in [4.78, 5) is 10.4. The Morgan fingerprint density at radius 1 is 1.03 bits per heavy atom. The minimum Gasteiger partial charge on any atom is -0.467 e. The van der Waals surface area contributed by atoms with E-state index < -0.39 is 25.7 Å². The molecule has 1 heterocycles. The summed E-state index contributed by atoms with van der Waals surface area (Å²) >= 11 is 0.